The van der Waals surface area contributed by atoms with E-state index >= 15 is 0 Å². The highest BCUT2D eigenvalue weighted by atomic mass is 32.2. The van der Waals surface area contributed by atoms with Crippen LogP contribution < -0.4 is 10.1 Å². The lowest BCUT2D eigenvalue weighted by Crippen LogP contribution is -2.00. The van der Waals surface area contributed by atoms with E-state index in [0.717, 1.165) is 16.3 Å². The van der Waals surface area contributed by atoms with Gasteiger partial charge in [-0.3, -0.25) is 4.79 Å². The molecule has 1 heterocycles. The minimum absolute atomic E-state index is 0.0893. The number of nitrogens with zero attached hydrogens (tertiary/aromatic N) is 1. The zero-order valence-electron chi connectivity index (χ0n) is 13.0. The molecule has 2 aromatic rings. The molecule has 118 valence electrons. The number of aromatic nitrogens is 1. The summed E-state index contributed by atoms with van der Waals surface area (Å²) in [6, 6.07) is 13.1. The number of methoxy groups -OCH3 is 1. The summed E-state index contributed by atoms with van der Waals surface area (Å²) < 4.78 is 5.10. The van der Waals surface area contributed by atoms with Gasteiger partial charge < -0.3 is 10.1 Å². The van der Waals surface area contributed by atoms with Crippen molar-refractivity contribution >= 4 is 29.4 Å². The standard InChI is InChI=1S/C18H18N2O2S/c1-22-16-10-7-14(8-11-16)6-9-15(21)13-18(23-2)20-17-5-3-4-12-19-17/h3-13H,1-2H3,(H,19,20)/b9-6+,18-13+. The maximum Gasteiger partial charge on any atom is 0.181 e. The van der Waals surface area contributed by atoms with Crippen LogP contribution in [0.15, 0.2) is 65.8 Å². The van der Waals surface area contributed by atoms with Crippen LogP contribution in [0.4, 0.5) is 5.82 Å². The van der Waals surface area contributed by atoms with E-state index in [1.54, 1.807) is 25.5 Å². The summed E-state index contributed by atoms with van der Waals surface area (Å²) in [6.07, 6.45) is 8.47. The van der Waals surface area contributed by atoms with E-state index in [-0.39, 0.29) is 5.78 Å². The predicted molar refractivity (Wildman–Crippen MR) is 96.5 cm³/mol. The van der Waals surface area contributed by atoms with Gasteiger partial charge in [0.2, 0.25) is 0 Å². The first kappa shape index (κ1) is 16.8. The second-order valence-electron chi connectivity index (χ2n) is 4.56. The van der Waals surface area contributed by atoms with Crippen LogP contribution in [-0.2, 0) is 4.79 Å². The maximum absolute atomic E-state index is 12.0. The Hall–Kier alpha value is -2.53. The molecular formula is C18H18N2O2S. The van der Waals surface area contributed by atoms with E-state index < -0.39 is 0 Å². The Bertz CT molecular complexity index is 695. The number of benzene rings is 1. The third kappa shape index (κ3) is 5.64. The molecule has 1 aromatic carbocycles. The number of rotatable bonds is 7. The number of nitrogens with one attached hydrogen (secondary N) is 1. The van der Waals surface area contributed by atoms with Crippen LogP contribution in [0, 0.1) is 0 Å². The molecule has 1 N–H and O–H groups in total. The highest BCUT2D eigenvalue weighted by molar-refractivity contribution is 8.02. The lowest BCUT2D eigenvalue weighted by molar-refractivity contribution is -0.110. The van der Waals surface area contributed by atoms with Crippen LogP contribution in [0.5, 0.6) is 5.75 Å². The minimum Gasteiger partial charge on any atom is -0.497 e. The summed E-state index contributed by atoms with van der Waals surface area (Å²) in [5.41, 5.74) is 0.941. The van der Waals surface area contributed by atoms with Crippen LogP contribution in [0.3, 0.4) is 0 Å². The van der Waals surface area contributed by atoms with Crippen molar-refractivity contribution in [1.29, 1.82) is 0 Å². The van der Waals surface area contributed by atoms with Gasteiger partial charge in [0.05, 0.1) is 12.1 Å². The van der Waals surface area contributed by atoms with Gasteiger partial charge in [-0.15, -0.1) is 11.8 Å². The molecule has 5 heteroatoms. The first-order valence-electron chi connectivity index (χ1n) is 7.01. The molecule has 0 aliphatic rings. The van der Waals surface area contributed by atoms with Crippen molar-refractivity contribution in [3.05, 3.63) is 71.4 Å². The molecule has 0 aliphatic heterocycles. The van der Waals surface area contributed by atoms with E-state index in [0.29, 0.717) is 5.82 Å². The molecule has 0 saturated heterocycles. The number of hydrogen-bond acceptors (Lipinski definition) is 5. The quantitative estimate of drug-likeness (QED) is 0.780. The van der Waals surface area contributed by atoms with E-state index in [1.165, 1.54) is 17.8 Å². The summed E-state index contributed by atoms with van der Waals surface area (Å²) in [4.78, 5) is 16.2. The van der Waals surface area contributed by atoms with Crippen molar-refractivity contribution in [2.75, 3.05) is 18.7 Å². The molecule has 0 atom stereocenters. The van der Waals surface area contributed by atoms with Crippen molar-refractivity contribution in [2.45, 2.75) is 0 Å². The Labute approximate surface area is 140 Å². The number of pyridine rings is 1. The summed E-state index contributed by atoms with van der Waals surface area (Å²) in [7, 11) is 1.62. The summed E-state index contributed by atoms with van der Waals surface area (Å²) in [5.74, 6) is 1.41. The average molecular weight is 326 g/mol. The number of carbonyl (C=O) groups excluding carboxylic acids is 1. The Morgan fingerprint density at radius 3 is 2.61 bits per heavy atom. The van der Waals surface area contributed by atoms with Crippen molar-refractivity contribution in [1.82, 2.24) is 4.98 Å². The van der Waals surface area contributed by atoms with Gasteiger partial charge in [-0.05, 0) is 42.2 Å². The molecule has 2 rings (SSSR count). The van der Waals surface area contributed by atoms with Crippen molar-refractivity contribution in [3.63, 3.8) is 0 Å². The van der Waals surface area contributed by atoms with Gasteiger partial charge >= 0.3 is 0 Å². The molecular weight excluding hydrogens is 308 g/mol. The highest BCUT2D eigenvalue weighted by Gasteiger charge is 2.00. The Morgan fingerprint density at radius 2 is 2.00 bits per heavy atom. The lowest BCUT2D eigenvalue weighted by atomic mass is 10.2. The predicted octanol–water partition coefficient (Wildman–Crippen LogP) is 3.99. The minimum atomic E-state index is -0.0893. The Morgan fingerprint density at radius 1 is 1.22 bits per heavy atom. The Balaban J connectivity index is 2.01. The fraction of sp³-hybridized carbons (Fsp3) is 0.111. The molecule has 0 spiro atoms. The molecule has 0 aliphatic carbocycles. The third-order valence-electron chi connectivity index (χ3n) is 2.97. The summed E-state index contributed by atoms with van der Waals surface area (Å²) in [5, 5.41) is 3.86. The molecule has 0 bridgehead atoms. The topological polar surface area (TPSA) is 51.2 Å². The molecule has 4 nitrogen and oxygen atoms in total. The molecule has 0 unspecified atom stereocenters. The van der Waals surface area contributed by atoms with Gasteiger partial charge in [0.25, 0.3) is 0 Å². The van der Waals surface area contributed by atoms with E-state index in [1.807, 2.05) is 48.7 Å². The highest BCUT2D eigenvalue weighted by Crippen LogP contribution is 2.15. The lowest BCUT2D eigenvalue weighted by Gasteiger charge is -2.06. The van der Waals surface area contributed by atoms with Crippen LogP contribution >= 0.6 is 11.8 Å². The molecule has 0 amide bonds. The smallest absolute Gasteiger partial charge is 0.181 e. The zero-order valence-corrected chi connectivity index (χ0v) is 13.8. The van der Waals surface area contributed by atoms with Crippen LogP contribution in [0.1, 0.15) is 5.56 Å². The molecule has 1 aromatic heterocycles. The molecule has 0 radical (unpaired) electrons. The van der Waals surface area contributed by atoms with Crippen LogP contribution in [0.2, 0.25) is 0 Å². The average Bonchev–Trinajstić information content (AvgIpc) is 2.60. The number of hydrogen-bond donors (Lipinski definition) is 1. The number of allylic oxidation sites excluding steroid dienone is 2. The summed E-state index contributed by atoms with van der Waals surface area (Å²) in [6.45, 7) is 0. The van der Waals surface area contributed by atoms with Crippen LogP contribution in [0.25, 0.3) is 6.08 Å². The monoisotopic (exact) mass is 326 g/mol. The SMILES string of the molecule is COc1ccc(/C=C/C(=O)/C=C(\Nc2ccccn2)SC)cc1. The number of ether oxygens (including phenoxy) is 1. The van der Waals surface area contributed by atoms with Gasteiger partial charge in [0.1, 0.15) is 11.6 Å². The first-order valence-corrected chi connectivity index (χ1v) is 8.23. The van der Waals surface area contributed by atoms with Crippen LogP contribution in [-0.4, -0.2) is 24.1 Å². The van der Waals surface area contributed by atoms with Gasteiger partial charge in [-0.25, -0.2) is 4.98 Å². The van der Waals surface area contributed by atoms with E-state index in [9.17, 15) is 4.79 Å². The Kier molecular flexibility index (Phi) is 6.44. The fourth-order valence-electron chi connectivity index (χ4n) is 1.78. The van der Waals surface area contributed by atoms with Gasteiger partial charge in [-0.1, -0.05) is 24.3 Å². The third-order valence-corrected chi connectivity index (χ3v) is 3.63. The maximum atomic E-state index is 12.0. The summed E-state index contributed by atoms with van der Waals surface area (Å²) >= 11 is 1.46. The van der Waals surface area contributed by atoms with Gasteiger partial charge in [-0.2, -0.15) is 0 Å². The first-order chi connectivity index (χ1) is 11.2. The molecule has 23 heavy (non-hydrogen) atoms. The number of anilines is 1. The van der Waals surface area contributed by atoms with Crippen molar-refractivity contribution in [2.24, 2.45) is 0 Å². The fourth-order valence-corrected chi connectivity index (χ4v) is 2.22. The molecule has 0 saturated carbocycles. The number of carbonyl (C=O) groups is 1. The molecule has 0 fully saturated rings. The van der Waals surface area contributed by atoms with E-state index in [2.05, 4.69) is 10.3 Å². The largest absolute Gasteiger partial charge is 0.497 e. The van der Waals surface area contributed by atoms with Gasteiger partial charge in [0, 0.05) is 12.3 Å². The second-order valence-corrected chi connectivity index (χ2v) is 5.41. The van der Waals surface area contributed by atoms with E-state index in [4.69, 9.17) is 4.74 Å². The van der Waals surface area contributed by atoms with Gasteiger partial charge in [0.15, 0.2) is 5.78 Å². The second kappa shape index (κ2) is 8.80. The number of thioether (sulfide) groups is 1. The normalized spacial score (nSPS) is 11.5. The number of ketones is 1. The van der Waals surface area contributed by atoms with Crippen molar-refractivity contribution in [3.8, 4) is 5.75 Å². The zero-order chi connectivity index (χ0) is 16.5. The van der Waals surface area contributed by atoms with Crippen molar-refractivity contribution < 1.29 is 9.53 Å².